The Hall–Kier alpha value is -3.10. The van der Waals surface area contributed by atoms with E-state index >= 15 is 0 Å². The summed E-state index contributed by atoms with van der Waals surface area (Å²) in [6, 6.07) is 17.3. The van der Waals surface area contributed by atoms with Crippen LogP contribution in [0.15, 0.2) is 54.6 Å². The number of carbonyl (C=O) groups excluding carboxylic acids is 3. The number of benzene rings is 2. The van der Waals surface area contributed by atoms with E-state index < -0.39 is 5.54 Å². The van der Waals surface area contributed by atoms with Gasteiger partial charge in [0.25, 0.3) is 5.91 Å². The smallest absolute Gasteiger partial charge is 0.327 e. The fourth-order valence-corrected chi connectivity index (χ4v) is 5.55. The molecule has 0 unspecified atom stereocenters. The van der Waals surface area contributed by atoms with Gasteiger partial charge in [-0.25, -0.2) is 4.79 Å². The molecule has 1 aliphatic carbocycles. The number of likely N-dealkylation sites (tertiary alicyclic amines) is 1. The molecule has 1 N–H and O–H groups in total. The number of likely N-dealkylation sites (N-methyl/N-ethyl adjacent to an activating group) is 1. The fraction of sp³-hybridized carbons (Fsp3) is 0.483. The first-order valence-corrected chi connectivity index (χ1v) is 13.2. The van der Waals surface area contributed by atoms with Crippen LogP contribution in [0.1, 0.15) is 49.3 Å². The first-order chi connectivity index (χ1) is 17.9. The number of piperidine rings is 1. The van der Waals surface area contributed by atoms with E-state index in [0.717, 1.165) is 55.8 Å². The van der Waals surface area contributed by atoms with Gasteiger partial charge in [-0.3, -0.25) is 14.5 Å². The van der Waals surface area contributed by atoms with Crippen LogP contribution in [0.25, 0.3) is 0 Å². The number of halogens is 1. The standard InChI is InChI=1S/C29H36N4O4.ClH/c1-31-28(36)33(20-21-8-12-24(37-2)13-9-21)27(35)29(31)15-18-32(19-16-29)17-14-25(22-6-4-3-5-7-22)30-26(34)23-10-11-23;/h3-9,12-13,23,25H,10-11,14-20H2,1-2H3,(H,30,34);1H/t25-;/m0./s1. The third-order valence-corrected chi connectivity index (χ3v) is 8.19. The van der Waals surface area contributed by atoms with E-state index in [0.29, 0.717) is 12.8 Å². The Kier molecular flexibility index (Phi) is 8.63. The number of methoxy groups -OCH3 is 1. The maximum atomic E-state index is 13.6. The van der Waals surface area contributed by atoms with E-state index in [2.05, 4.69) is 22.3 Å². The number of nitrogens with zero attached hydrogens (tertiary/aromatic N) is 3. The highest BCUT2D eigenvalue weighted by atomic mass is 35.5. The predicted molar refractivity (Wildman–Crippen MR) is 147 cm³/mol. The largest absolute Gasteiger partial charge is 0.497 e. The Bertz CT molecular complexity index is 1130. The van der Waals surface area contributed by atoms with Crippen molar-refractivity contribution in [1.82, 2.24) is 20.0 Å². The Morgan fingerprint density at radius 2 is 1.71 bits per heavy atom. The Balaban J connectivity index is 0.00000336. The van der Waals surface area contributed by atoms with Crippen molar-refractivity contribution in [3.63, 3.8) is 0 Å². The summed E-state index contributed by atoms with van der Waals surface area (Å²) >= 11 is 0. The summed E-state index contributed by atoms with van der Waals surface area (Å²) in [6.45, 7) is 2.55. The number of amides is 4. The van der Waals surface area contributed by atoms with Crippen LogP contribution in [0.2, 0.25) is 0 Å². The van der Waals surface area contributed by atoms with Crippen LogP contribution in [-0.2, 0) is 16.1 Å². The number of ether oxygens (including phenoxy) is 1. The van der Waals surface area contributed by atoms with Crippen molar-refractivity contribution >= 4 is 30.3 Å². The predicted octanol–water partition coefficient (Wildman–Crippen LogP) is 4.00. The monoisotopic (exact) mass is 540 g/mol. The van der Waals surface area contributed by atoms with Crippen LogP contribution < -0.4 is 10.1 Å². The average Bonchev–Trinajstić information content (AvgIpc) is 3.77. The summed E-state index contributed by atoms with van der Waals surface area (Å²) in [6.07, 6.45) is 3.99. The lowest BCUT2D eigenvalue weighted by Crippen LogP contribution is -2.55. The molecule has 1 saturated carbocycles. The molecule has 204 valence electrons. The third kappa shape index (κ3) is 5.66. The summed E-state index contributed by atoms with van der Waals surface area (Å²) in [5.41, 5.74) is 1.24. The number of rotatable bonds is 9. The molecule has 2 aromatic rings. The van der Waals surface area contributed by atoms with Crippen LogP contribution in [-0.4, -0.2) is 71.9 Å². The number of hydrogen-bond donors (Lipinski definition) is 1. The third-order valence-electron chi connectivity index (χ3n) is 8.19. The van der Waals surface area contributed by atoms with Crippen LogP contribution in [0.4, 0.5) is 4.79 Å². The molecular weight excluding hydrogens is 504 g/mol. The molecule has 1 spiro atoms. The minimum Gasteiger partial charge on any atom is -0.497 e. The van der Waals surface area contributed by atoms with Gasteiger partial charge >= 0.3 is 6.03 Å². The molecule has 4 amide bonds. The molecule has 0 radical (unpaired) electrons. The lowest BCUT2D eigenvalue weighted by atomic mass is 9.86. The Labute approximate surface area is 230 Å². The quantitative estimate of drug-likeness (QED) is 0.486. The zero-order valence-corrected chi connectivity index (χ0v) is 22.9. The molecule has 2 aliphatic heterocycles. The van der Waals surface area contributed by atoms with E-state index in [-0.39, 0.29) is 48.8 Å². The second-order valence-corrected chi connectivity index (χ2v) is 10.5. The molecule has 9 heteroatoms. The van der Waals surface area contributed by atoms with Gasteiger partial charge in [0, 0.05) is 32.6 Å². The van der Waals surface area contributed by atoms with Gasteiger partial charge in [0.1, 0.15) is 11.3 Å². The molecule has 38 heavy (non-hydrogen) atoms. The van der Waals surface area contributed by atoms with Gasteiger partial charge in [0.05, 0.1) is 19.7 Å². The summed E-state index contributed by atoms with van der Waals surface area (Å²) < 4.78 is 5.21. The molecule has 2 heterocycles. The van der Waals surface area contributed by atoms with Crippen LogP contribution in [0.3, 0.4) is 0 Å². The second kappa shape index (κ2) is 11.7. The zero-order chi connectivity index (χ0) is 26.0. The van der Waals surface area contributed by atoms with E-state index in [4.69, 9.17) is 4.74 Å². The van der Waals surface area contributed by atoms with Crippen LogP contribution in [0.5, 0.6) is 5.75 Å². The van der Waals surface area contributed by atoms with Gasteiger partial charge in [-0.2, -0.15) is 0 Å². The SMILES string of the molecule is COc1ccc(CN2C(=O)N(C)C3(CCN(CC[C@H](NC(=O)C4CC4)c4ccccc4)CC3)C2=O)cc1.Cl. The molecule has 2 saturated heterocycles. The second-order valence-electron chi connectivity index (χ2n) is 10.5. The molecule has 0 aromatic heterocycles. The first kappa shape index (κ1) is 27.9. The maximum absolute atomic E-state index is 13.6. The molecule has 8 nitrogen and oxygen atoms in total. The summed E-state index contributed by atoms with van der Waals surface area (Å²) in [5, 5.41) is 3.25. The molecule has 1 atom stereocenters. The molecule has 0 bridgehead atoms. The number of urea groups is 1. The van der Waals surface area contributed by atoms with E-state index in [1.165, 1.54) is 4.90 Å². The van der Waals surface area contributed by atoms with Gasteiger partial charge in [-0.1, -0.05) is 42.5 Å². The van der Waals surface area contributed by atoms with Crippen molar-refractivity contribution in [2.24, 2.45) is 5.92 Å². The minimum absolute atomic E-state index is 0. The topological polar surface area (TPSA) is 82.2 Å². The fourth-order valence-electron chi connectivity index (χ4n) is 5.55. The lowest BCUT2D eigenvalue weighted by Gasteiger charge is -2.41. The molecular formula is C29H37ClN4O4. The first-order valence-electron chi connectivity index (χ1n) is 13.2. The highest BCUT2D eigenvalue weighted by Gasteiger charge is 2.56. The number of carbonyl (C=O) groups is 3. The molecule has 3 fully saturated rings. The normalized spacial score (nSPS) is 19.8. The summed E-state index contributed by atoms with van der Waals surface area (Å²) in [5.74, 6) is 0.961. The number of hydrogen-bond acceptors (Lipinski definition) is 5. The summed E-state index contributed by atoms with van der Waals surface area (Å²) in [7, 11) is 3.36. The Morgan fingerprint density at radius 1 is 1.05 bits per heavy atom. The van der Waals surface area contributed by atoms with E-state index in [1.807, 2.05) is 42.5 Å². The average molecular weight is 541 g/mol. The van der Waals surface area contributed by atoms with Crippen LogP contribution in [0, 0.1) is 5.92 Å². The van der Waals surface area contributed by atoms with Crippen molar-refractivity contribution in [2.75, 3.05) is 33.8 Å². The van der Waals surface area contributed by atoms with Gasteiger partial charge < -0.3 is 19.9 Å². The zero-order valence-electron chi connectivity index (χ0n) is 22.1. The molecule has 2 aromatic carbocycles. The van der Waals surface area contributed by atoms with Crippen molar-refractivity contribution < 1.29 is 19.1 Å². The minimum atomic E-state index is -0.779. The van der Waals surface area contributed by atoms with Gasteiger partial charge in [0.15, 0.2) is 0 Å². The van der Waals surface area contributed by atoms with Crippen molar-refractivity contribution in [2.45, 2.75) is 50.2 Å². The van der Waals surface area contributed by atoms with E-state index in [9.17, 15) is 14.4 Å². The summed E-state index contributed by atoms with van der Waals surface area (Å²) in [4.78, 5) is 44.5. The van der Waals surface area contributed by atoms with Gasteiger partial charge in [0.2, 0.25) is 5.91 Å². The number of imide groups is 1. The van der Waals surface area contributed by atoms with Crippen LogP contribution >= 0.6 is 12.4 Å². The van der Waals surface area contributed by atoms with Crippen molar-refractivity contribution in [3.05, 3.63) is 65.7 Å². The van der Waals surface area contributed by atoms with Gasteiger partial charge in [-0.15, -0.1) is 12.4 Å². The Morgan fingerprint density at radius 3 is 2.32 bits per heavy atom. The molecule has 3 aliphatic rings. The van der Waals surface area contributed by atoms with Crippen molar-refractivity contribution in [1.29, 1.82) is 0 Å². The maximum Gasteiger partial charge on any atom is 0.327 e. The van der Waals surface area contributed by atoms with Gasteiger partial charge in [-0.05, 0) is 55.4 Å². The molecule has 5 rings (SSSR count). The lowest BCUT2D eigenvalue weighted by molar-refractivity contribution is -0.135. The highest BCUT2D eigenvalue weighted by molar-refractivity contribution is 6.07. The van der Waals surface area contributed by atoms with Crippen molar-refractivity contribution in [3.8, 4) is 5.75 Å². The van der Waals surface area contributed by atoms with E-state index in [1.54, 1.807) is 19.1 Å². The highest BCUT2D eigenvalue weighted by Crippen LogP contribution is 2.37. The number of nitrogens with one attached hydrogen (secondary N) is 1.